The summed E-state index contributed by atoms with van der Waals surface area (Å²) in [7, 11) is 0. The predicted molar refractivity (Wildman–Crippen MR) is 84.2 cm³/mol. The third-order valence-electron chi connectivity index (χ3n) is 3.13. The lowest BCUT2D eigenvalue weighted by Gasteiger charge is -2.30. The zero-order chi connectivity index (χ0) is 15.8. The molecule has 0 aliphatic carbocycles. The molecule has 0 unspecified atom stereocenters. The number of rotatable bonds is 9. The van der Waals surface area contributed by atoms with Gasteiger partial charge in [-0.2, -0.15) is 4.98 Å². The van der Waals surface area contributed by atoms with Crippen molar-refractivity contribution in [1.82, 2.24) is 14.9 Å². The van der Waals surface area contributed by atoms with Gasteiger partial charge in [0.1, 0.15) is 19.0 Å². The summed E-state index contributed by atoms with van der Waals surface area (Å²) in [5.74, 6) is 1.46. The van der Waals surface area contributed by atoms with Crippen LogP contribution in [0.4, 0.5) is 5.82 Å². The maximum atomic E-state index is 5.76. The lowest BCUT2D eigenvalue weighted by atomic mass is 10.2. The van der Waals surface area contributed by atoms with Gasteiger partial charge < -0.3 is 15.2 Å². The first kappa shape index (κ1) is 17.7. The van der Waals surface area contributed by atoms with Crippen LogP contribution in [0, 0.1) is 0 Å². The molecule has 1 heterocycles. The fourth-order valence-corrected chi connectivity index (χ4v) is 2.19. The Kier molecular flexibility index (Phi) is 7.39. The normalized spacial score (nSPS) is 11.6. The summed E-state index contributed by atoms with van der Waals surface area (Å²) in [6.45, 7) is 13.0. The topological polar surface area (TPSA) is 73.5 Å². The largest absolute Gasteiger partial charge is 0.476 e. The minimum Gasteiger partial charge on any atom is -0.476 e. The molecule has 1 aromatic rings. The summed E-state index contributed by atoms with van der Waals surface area (Å²) >= 11 is 0. The Hall–Kier alpha value is -1.40. The lowest BCUT2D eigenvalue weighted by molar-refractivity contribution is 0.125. The molecule has 0 saturated heterocycles. The first-order valence-electron chi connectivity index (χ1n) is 7.53. The summed E-state index contributed by atoms with van der Waals surface area (Å²) < 4.78 is 11.0. The van der Waals surface area contributed by atoms with Crippen molar-refractivity contribution >= 4 is 5.82 Å². The van der Waals surface area contributed by atoms with Gasteiger partial charge in [-0.05, 0) is 34.6 Å². The van der Waals surface area contributed by atoms with Crippen LogP contribution in [0.3, 0.4) is 0 Å². The number of aromatic nitrogens is 2. The number of hydrogen-bond donors (Lipinski definition) is 1. The second kappa shape index (κ2) is 8.79. The molecule has 0 aliphatic rings. The van der Waals surface area contributed by atoms with E-state index < -0.39 is 0 Å². The molecule has 0 bridgehead atoms. The molecular weight excluding hydrogens is 268 g/mol. The molecule has 0 saturated carbocycles. The van der Waals surface area contributed by atoms with Crippen LogP contribution in [-0.4, -0.2) is 46.7 Å². The van der Waals surface area contributed by atoms with Crippen molar-refractivity contribution in [2.75, 3.05) is 25.5 Å². The van der Waals surface area contributed by atoms with Crippen molar-refractivity contribution < 1.29 is 9.47 Å². The number of anilines is 1. The first-order valence-corrected chi connectivity index (χ1v) is 7.53. The van der Waals surface area contributed by atoms with E-state index in [1.165, 1.54) is 0 Å². The van der Waals surface area contributed by atoms with Gasteiger partial charge in [-0.25, -0.2) is 4.98 Å². The number of nitrogen functional groups attached to an aromatic ring is 1. The van der Waals surface area contributed by atoms with Crippen molar-refractivity contribution in [2.45, 2.75) is 53.3 Å². The van der Waals surface area contributed by atoms with Crippen LogP contribution in [0.15, 0.2) is 6.07 Å². The third-order valence-corrected chi connectivity index (χ3v) is 3.13. The van der Waals surface area contributed by atoms with E-state index in [1.807, 2.05) is 6.92 Å². The second-order valence-electron chi connectivity index (χ2n) is 5.46. The molecule has 6 nitrogen and oxygen atoms in total. The highest BCUT2D eigenvalue weighted by molar-refractivity contribution is 5.32. The van der Waals surface area contributed by atoms with E-state index in [9.17, 15) is 0 Å². The number of nitrogens with two attached hydrogens (primary N) is 1. The van der Waals surface area contributed by atoms with E-state index in [1.54, 1.807) is 6.07 Å². The number of ether oxygens (including phenoxy) is 2. The minimum atomic E-state index is 0.349. The Morgan fingerprint density at radius 1 is 1.19 bits per heavy atom. The van der Waals surface area contributed by atoms with Gasteiger partial charge in [-0.15, -0.1) is 0 Å². The van der Waals surface area contributed by atoms with E-state index >= 15 is 0 Å². The maximum Gasteiger partial charge on any atom is 0.218 e. The summed E-state index contributed by atoms with van der Waals surface area (Å²) in [6, 6.07) is 2.61. The standard InChI is InChI=1S/C15H28N4O2/c1-6-20-10-14-17-13(16)9-15(18-14)21-8-7-19(11(2)3)12(4)5/h9,11-12H,6-8,10H2,1-5H3,(H2,16,17,18). The van der Waals surface area contributed by atoms with E-state index in [-0.39, 0.29) is 0 Å². The van der Waals surface area contributed by atoms with Gasteiger partial charge in [0.2, 0.25) is 5.88 Å². The molecule has 0 spiro atoms. The fourth-order valence-electron chi connectivity index (χ4n) is 2.19. The summed E-state index contributed by atoms with van der Waals surface area (Å²) in [5.41, 5.74) is 5.76. The highest BCUT2D eigenvalue weighted by atomic mass is 16.5. The first-order chi connectivity index (χ1) is 9.93. The lowest BCUT2D eigenvalue weighted by Crippen LogP contribution is -2.39. The zero-order valence-electron chi connectivity index (χ0n) is 13.8. The van der Waals surface area contributed by atoms with Crippen molar-refractivity contribution in [3.05, 3.63) is 11.9 Å². The summed E-state index contributed by atoms with van der Waals surface area (Å²) in [4.78, 5) is 10.8. The van der Waals surface area contributed by atoms with Gasteiger partial charge in [0.15, 0.2) is 5.82 Å². The molecule has 1 rings (SSSR count). The van der Waals surface area contributed by atoms with Crippen LogP contribution in [0.2, 0.25) is 0 Å². The van der Waals surface area contributed by atoms with Gasteiger partial charge in [0.05, 0.1) is 0 Å². The van der Waals surface area contributed by atoms with Crippen molar-refractivity contribution in [3.8, 4) is 5.88 Å². The molecule has 0 radical (unpaired) electrons. The quantitative estimate of drug-likeness (QED) is 0.752. The van der Waals surface area contributed by atoms with Crippen LogP contribution in [0.1, 0.15) is 40.4 Å². The van der Waals surface area contributed by atoms with Gasteiger partial charge in [0, 0.05) is 31.3 Å². The summed E-state index contributed by atoms with van der Waals surface area (Å²) in [5, 5.41) is 0. The predicted octanol–water partition coefficient (Wildman–Crippen LogP) is 2.09. The van der Waals surface area contributed by atoms with Crippen molar-refractivity contribution in [2.24, 2.45) is 0 Å². The Labute approximate surface area is 127 Å². The van der Waals surface area contributed by atoms with Gasteiger partial charge >= 0.3 is 0 Å². The van der Waals surface area contributed by atoms with Crippen LogP contribution < -0.4 is 10.5 Å². The van der Waals surface area contributed by atoms with Crippen molar-refractivity contribution in [1.29, 1.82) is 0 Å². The Morgan fingerprint density at radius 3 is 2.43 bits per heavy atom. The molecule has 6 heteroatoms. The van der Waals surface area contributed by atoms with Crippen LogP contribution in [-0.2, 0) is 11.3 Å². The molecule has 120 valence electrons. The highest BCUT2D eigenvalue weighted by Gasteiger charge is 2.13. The van der Waals surface area contributed by atoms with Crippen molar-refractivity contribution in [3.63, 3.8) is 0 Å². The summed E-state index contributed by atoms with van der Waals surface area (Å²) in [6.07, 6.45) is 0. The minimum absolute atomic E-state index is 0.349. The average molecular weight is 296 g/mol. The fraction of sp³-hybridized carbons (Fsp3) is 0.733. The smallest absolute Gasteiger partial charge is 0.218 e. The molecule has 0 amide bonds. The SMILES string of the molecule is CCOCc1nc(N)cc(OCCN(C(C)C)C(C)C)n1. The van der Waals surface area contributed by atoms with E-state index in [0.717, 1.165) is 6.54 Å². The Bertz CT molecular complexity index is 416. The highest BCUT2D eigenvalue weighted by Crippen LogP contribution is 2.12. The molecule has 0 aromatic carbocycles. The Morgan fingerprint density at radius 2 is 1.86 bits per heavy atom. The molecule has 1 aromatic heterocycles. The zero-order valence-corrected chi connectivity index (χ0v) is 13.8. The Balaban J connectivity index is 2.56. The van der Waals surface area contributed by atoms with Crippen LogP contribution in [0.25, 0.3) is 0 Å². The average Bonchev–Trinajstić information content (AvgIpc) is 2.40. The van der Waals surface area contributed by atoms with Crippen LogP contribution >= 0.6 is 0 Å². The molecule has 0 atom stereocenters. The van der Waals surface area contributed by atoms with Gasteiger partial charge in [0.25, 0.3) is 0 Å². The molecule has 0 fully saturated rings. The number of hydrogen-bond acceptors (Lipinski definition) is 6. The van der Waals surface area contributed by atoms with Crippen LogP contribution in [0.5, 0.6) is 5.88 Å². The molecule has 2 N–H and O–H groups in total. The third kappa shape index (κ3) is 6.27. The number of nitrogens with zero attached hydrogens (tertiary/aromatic N) is 3. The van der Waals surface area contributed by atoms with E-state index in [0.29, 0.717) is 49.4 Å². The van der Waals surface area contributed by atoms with E-state index in [4.69, 9.17) is 15.2 Å². The molecular formula is C15H28N4O2. The van der Waals surface area contributed by atoms with Gasteiger partial charge in [-0.3, -0.25) is 4.90 Å². The monoisotopic (exact) mass is 296 g/mol. The van der Waals surface area contributed by atoms with Gasteiger partial charge in [-0.1, -0.05) is 0 Å². The maximum absolute atomic E-state index is 5.76. The molecule has 21 heavy (non-hydrogen) atoms. The second-order valence-corrected chi connectivity index (χ2v) is 5.46. The molecule has 0 aliphatic heterocycles. The van der Waals surface area contributed by atoms with E-state index in [2.05, 4.69) is 42.6 Å².